The van der Waals surface area contributed by atoms with Crippen LogP contribution in [0.3, 0.4) is 0 Å². The third kappa shape index (κ3) is 5.21. The number of hydrogen-bond donors (Lipinski definition) is 1. The lowest BCUT2D eigenvalue weighted by Crippen LogP contribution is -2.37. The van der Waals surface area contributed by atoms with Crippen LogP contribution in [-0.2, 0) is 11.3 Å². The molecule has 0 aliphatic rings. The summed E-state index contributed by atoms with van der Waals surface area (Å²) in [5.41, 5.74) is 6.56. The van der Waals surface area contributed by atoms with E-state index < -0.39 is 0 Å². The fourth-order valence-electron chi connectivity index (χ4n) is 1.79. The number of nitrogens with two attached hydrogens (primary N) is 1. The number of nitrogens with zero attached hydrogens (tertiary/aromatic N) is 4. The van der Waals surface area contributed by atoms with E-state index in [0.29, 0.717) is 24.7 Å². The van der Waals surface area contributed by atoms with Gasteiger partial charge in [0.25, 0.3) is 0 Å². The molecule has 0 radical (unpaired) electrons. The number of anilines is 1. The number of carbonyl (C=O) groups is 1. The van der Waals surface area contributed by atoms with Gasteiger partial charge < -0.3 is 10.6 Å². The standard InChI is InChI=1S/C13H23N5O/c1-5-6-18(9-13(19)17(3)4)8-12-15-10(2)7-11(14)16-12/h7H,5-6,8-9H2,1-4H3,(H2,14,15,16). The Hall–Kier alpha value is -1.69. The summed E-state index contributed by atoms with van der Waals surface area (Å²) in [5, 5.41) is 0. The number of carbonyl (C=O) groups excluding carboxylic acids is 1. The van der Waals surface area contributed by atoms with Gasteiger partial charge >= 0.3 is 0 Å². The van der Waals surface area contributed by atoms with E-state index in [4.69, 9.17) is 5.73 Å². The molecule has 0 spiro atoms. The molecule has 0 saturated heterocycles. The van der Waals surface area contributed by atoms with E-state index in [1.807, 2.05) is 11.8 Å². The van der Waals surface area contributed by atoms with Crippen LogP contribution in [0, 0.1) is 6.92 Å². The Kier molecular flexibility index (Phi) is 5.69. The highest BCUT2D eigenvalue weighted by molar-refractivity contribution is 5.77. The van der Waals surface area contributed by atoms with Crippen molar-refractivity contribution in [3.05, 3.63) is 17.6 Å². The maximum atomic E-state index is 11.8. The van der Waals surface area contributed by atoms with Crippen LogP contribution in [0.15, 0.2) is 6.07 Å². The highest BCUT2D eigenvalue weighted by atomic mass is 16.2. The van der Waals surface area contributed by atoms with Crippen molar-refractivity contribution in [3.8, 4) is 0 Å². The van der Waals surface area contributed by atoms with Gasteiger partial charge in [0.15, 0.2) is 0 Å². The molecule has 0 aliphatic carbocycles. The molecule has 1 amide bonds. The topological polar surface area (TPSA) is 75.4 Å². The molecule has 1 rings (SSSR count). The van der Waals surface area contributed by atoms with Crippen LogP contribution in [0.25, 0.3) is 0 Å². The van der Waals surface area contributed by atoms with Crippen molar-refractivity contribution in [3.63, 3.8) is 0 Å². The molecule has 6 nitrogen and oxygen atoms in total. The average molecular weight is 265 g/mol. The van der Waals surface area contributed by atoms with E-state index in [9.17, 15) is 4.79 Å². The number of aryl methyl sites for hydroxylation is 1. The summed E-state index contributed by atoms with van der Waals surface area (Å²) < 4.78 is 0. The second-order valence-corrected chi connectivity index (χ2v) is 4.85. The van der Waals surface area contributed by atoms with Crippen LogP contribution in [0.4, 0.5) is 5.82 Å². The minimum Gasteiger partial charge on any atom is -0.384 e. The largest absolute Gasteiger partial charge is 0.384 e. The molecule has 106 valence electrons. The number of likely N-dealkylation sites (N-methyl/N-ethyl adjacent to an activating group) is 1. The van der Waals surface area contributed by atoms with Crippen molar-refractivity contribution in [2.75, 3.05) is 32.9 Å². The number of rotatable bonds is 6. The van der Waals surface area contributed by atoms with Gasteiger partial charge in [-0.2, -0.15) is 0 Å². The molecule has 0 atom stereocenters. The molecule has 0 aliphatic heterocycles. The summed E-state index contributed by atoms with van der Waals surface area (Å²) in [5.74, 6) is 1.21. The Morgan fingerprint density at radius 1 is 1.37 bits per heavy atom. The van der Waals surface area contributed by atoms with Crippen molar-refractivity contribution in [1.82, 2.24) is 19.8 Å². The zero-order valence-electron chi connectivity index (χ0n) is 12.2. The van der Waals surface area contributed by atoms with Gasteiger partial charge in [-0.15, -0.1) is 0 Å². The van der Waals surface area contributed by atoms with E-state index in [-0.39, 0.29) is 5.91 Å². The van der Waals surface area contributed by atoms with E-state index in [2.05, 4.69) is 16.9 Å². The Morgan fingerprint density at radius 3 is 2.58 bits per heavy atom. The zero-order chi connectivity index (χ0) is 14.4. The van der Waals surface area contributed by atoms with E-state index in [1.165, 1.54) is 0 Å². The number of hydrogen-bond acceptors (Lipinski definition) is 5. The monoisotopic (exact) mass is 265 g/mol. The molecule has 0 bridgehead atoms. The van der Waals surface area contributed by atoms with Gasteiger partial charge in [0.2, 0.25) is 5.91 Å². The van der Waals surface area contributed by atoms with Gasteiger partial charge in [-0.25, -0.2) is 9.97 Å². The summed E-state index contributed by atoms with van der Waals surface area (Å²) in [6.07, 6.45) is 0.974. The lowest BCUT2D eigenvalue weighted by molar-refractivity contribution is -0.130. The van der Waals surface area contributed by atoms with Crippen LogP contribution >= 0.6 is 0 Å². The minimum absolute atomic E-state index is 0.0778. The van der Waals surface area contributed by atoms with E-state index in [1.54, 1.807) is 25.1 Å². The molecular weight excluding hydrogens is 242 g/mol. The summed E-state index contributed by atoms with van der Waals surface area (Å²) >= 11 is 0. The first kappa shape index (κ1) is 15.4. The summed E-state index contributed by atoms with van der Waals surface area (Å²) in [6, 6.07) is 1.73. The van der Waals surface area contributed by atoms with E-state index in [0.717, 1.165) is 18.7 Å². The Bertz CT molecular complexity index is 413. The molecule has 1 heterocycles. The fourth-order valence-corrected chi connectivity index (χ4v) is 1.79. The predicted octanol–water partition coefficient (Wildman–Crippen LogP) is 0.667. The van der Waals surface area contributed by atoms with Gasteiger partial charge in [0, 0.05) is 25.9 Å². The fraction of sp³-hybridized carbons (Fsp3) is 0.615. The Balaban J connectivity index is 2.74. The third-order valence-electron chi connectivity index (χ3n) is 2.68. The highest BCUT2D eigenvalue weighted by Crippen LogP contribution is 2.06. The number of nitrogen functional groups attached to an aromatic ring is 1. The van der Waals surface area contributed by atoms with Gasteiger partial charge in [0.1, 0.15) is 11.6 Å². The second-order valence-electron chi connectivity index (χ2n) is 4.85. The van der Waals surface area contributed by atoms with Gasteiger partial charge in [0.05, 0.1) is 13.1 Å². The summed E-state index contributed by atoms with van der Waals surface area (Å²) in [7, 11) is 3.52. The van der Waals surface area contributed by atoms with Crippen LogP contribution in [0.1, 0.15) is 24.9 Å². The average Bonchev–Trinajstić information content (AvgIpc) is 2.27. The highest BCUT2D eigenvalue weighted by Gasteiger charge is 2.13. The van der Waals surface area contributed by atoms with Crippen molar-refractivity contribution in [2.45, 2.75) is 26.8 Å². The first-order valence-corrected chi connectivity index (χ1v) is 6.45. The Labute approximate surface area is 114 Å². The SMILES string of the molecule is CCCN(CC(=O)N(C)C)Cc1nc(C)cc(N)n1. The van der Waals surface area contributed by atoms with E-state index >= 15 is 0 Å². The van der Waals surface area contributed by atoms with Crippen LogP contribution in [-0.4, -0.2) is 52.9 Å². The lowest BCUT2D eigenvalue weighted by Gasteiger charge is -2.22. The quantitative estimate of drug-likeness (QED) is 0.818. The normalized spacial score (nSPS) is 10.8. The van der Waals surface area contributed by atoms with Crippen molar-refractivity contribution >= 4 is 11.7 Å². The molecular formula is C13H23N5O. The van der Waals surface area contributed by atoms with Gasteiger partial charge in [-0.1, -0.05) is 6.92 Å². The Morgan fingerprint density at radius 2 is 2.05 bits per heavy atom. The van der Waals surface area contributed by atoms with Crippen LogP contribution in [0.2, 0.25) is 0 Å². The maximum Gasteiger partial charge on any atom is 0.236 e. The predicted molar refractivity (Wildman–Crippen MR) is 75.4 cm³/mol. The second kappa shape index (κ2) is 7.04. The van der Waals surface area contributed by atoms with Gasteiger partial charge in [-0.3, -0.25) is 9.69 Å². The number of aromatic nitrogens is 2. The molecule has 0 aromatic carbocycles. The molecule has 2 N–H and O–H groups in total. The van der Waals surface area contributed by atoms with Crippen molar-refractivity contribution in [2.24, 2.45) is 0 Å². The third-order valence-corrected chi connectivity index (χ3v) is 2.68. The van der Waals surface area contributed by atoms with Crippen molar-refractivity contribution in [1.29, 1.82) is 0 Å². The summed E-state index contributed by atoms with van der Waals surface area (Å²) in [6.45, 7) is 5.71. The molecule has 6 heteroatoms. The van der Waals surface area contributed by atoms with Crippen molar-refractivity contribution < 1.29 is 4.79 Å². The molecule has 0 unspecified atom stereocenters. The van der Waals surface area contributed by atoms with Crippen LogP contribution < -0.4 is 5.73 Å². The zero-order valence-corrected chi connectivity index (χ0v) is 12.2. The molecule has 0 saturated carbocycles. The van der Waals surface area contributed by atoms with Crippen LogP contribution in [0.5, 0.6) is 0 Å². The lowest BCUT2D eigenvalue weighted by atomic mass is 10.3. The minimum atomic E-state index is 0.0778. The maximum absolute atomic E-state index is 11.8. The molecule has 19 heavy (non-hydrogen) atoms. The molecule has 1 aromatic rings. The smallest absolute Gasteiger partial charge is 0.236 e. The van der Waals surface area contributed by atoms with Gasteiger partial charge in [-0.05, 0) is 19.9 Å². The first-order chi connectivity index (χ1) is 8.92. The number of amides is 1. The molecule has 1 aromatic heterocycles. The summed E-state index contributed by atoms with van der Waals surface area (Å²) in [4.78, 5) is 24.0. The molecule has 0 fully saturated rings. The first-order valence-electron chi connectivity index (χ1n) is 6.45.